The summed E-state index contributed by atoms with van der Waals surface area (Å²) in [6.07, 6.45) is 5.06. The summed E-state index contributed by atoms with van der Waals surface area (Å²) >= 11 is 0. The second kappa shape index (κ2) is 5.31. The van der Waals surface area contributed by atoms with Crippen molar-refractivity contribution in [2.24, 2.45) is 14.1 Å². The molecule has 5 heteroatoms. The first-order chi connectivity index (χ1) is 9.31. The Kier molecular flexibility index (Phi) is 3.88. The Hall–Kier alpha value is -1.78. The largest absolute Gasteiger partial charge is 0.378 e. The predicted octanol–water partition coefficient (Wildman–Crippen LogP) is 2.63. The molecule has 2 heterocycles. The molecule has 0 aliphatic carbocycles. The van der Waals surface area contributed by atoms with Crippen LogP contribution in [-0.2, 0) is 32.5 Å². The Morgan fingerprint density at radius 2 is 1.75 bits per heavy atom. The van der Waals surface area contributed by atoms with E-state index in [1.54, 1.807) is 0 Å². The van der Waals surface area contributed by atoms with Crippen molar-refractivity contribution in [3.8, 4) is 0 Å². The topological polar surface area (TPSA) is 47.7 Å². The van der Waals surface area contributed by atoms with Gasteiger partial charge in [-0.2, -0.15) is 10.2 Å². The van der Waals surface area contributed by atoms with E-state index in [1.165, 1.54) is 5.56 Å². The summed E-state index contributed by atoms with van der Waals surface area (Å²) in [5, 5.41) is 12.5. The van der Waals surface area contributed by atoms with E-state index in [-0.39, 0.29) is 5.41 Å². The normalized spacial score (nSPS) is 11.9. The second-order valence-electron chi connectivity index (χ2n) is 6.30. The third kappa shape index (κ3) is 3.03. The molecule has 0 radical (unpaired) electrons. The molecule has 0 amide bonds. The van der Waals surface area contributed by atoms with Gasteiger partial charge in [0, 0.05) is 44.0 Å². The first kappa shape index (κ1) is 14.6. The molecule has 5 nitrogen and oxygen atoms in total. The lowest BCUT2D eigenvalue weighted by Gasteiger charge is -2.17. The highest BCUT2D eigenvalue weighted by Crippen LogP contribution is 2.25. The highest BCUT2D eigenvalue weighted by molar-refractivity contribution is 5.47. The van der Waals surface area contributed by atoms with Gasteiger partial charge in [0.25, 0.3) is 0 Å². The smallest absolute Gasteiger partial charge is 0.0853 e. The number of aromatic nitrogens is 4. The van der Waals surface area contributed by atoms with Crippen LogP contribution < -0.4 is 5.32 Å². The van der Waals surface area contributed by atoms with Gasteiger partial charge in [-0.25, -0.2) is 0 Å². The van der Waals surface area contributed by atoms with E-state index in [2.05, 4.69) is 49.4 Å². The van der Waals surface area contributed by atoms with E-state index in [4.69, 9.17) is 0 Å². The van der Waals surface area contributed by atoms with Crippen LogP contribution in [0.15, 0.2) is 12.4 Å². The SMILES string of the molecule is CCc1nn(C)cc1NCc1cn(C)nc1C(C)(C)C. The molecule has 0 aliphatic heterocycles. The van der Waals surface area contributed by atoms with Crippen molar-refractivity contribution in [3.63, 3.8) is 0 Å². The van der Waals surface area contributed by atoms with Gasteiger partial charge in [-0.3, -0.25) is 9.36 Å². The third-order valence-electron chi connectivity index (χ3n) is 3.32. The van der Waals surface area contributed by atoms with Gasteiger partial charge >= 0.3 is 0 Å². The predicted molar refractivity (Wildman–Crippen MR) is 81.8 cm³/mol. The highest BCUT2D eigenvalue weighted by Gasteiger charge is 2.21. The fourth-order valence-electron chi connectivity index (χ4n) is 2.43. The van der Waals surface area contributed by atoms with E-state index >= 15 is 0 Å². The van der Waals surface area contributed by atoms with Crippen molar-refractivity contribution in [1.82, 2.24) is 19.6 Å². The van der Waals surface area contributed by atoms with Gasteiger partial charge in [0.1, 0.15) is 0 Å². The summed E-state index contributed by atoms with van der Waals surface area (Å²) in [4.78, 5) is 0. The quantitative estimate of drug-likeness (QED) is 0.933. The molecule has 2 rings (SSSR count). The number of nitrogens with one attached hydrogen (secondary N) is 1. The van der Waals surface area contributed by atoms with Crippen LogP contribution in [0.4, 0.5) is 5.69 Å². The van der Waals surface area contributed by atoms with E-state index in [0.29, 0.717) is 0 Å². The number of nitrogens with zero attached hydrogens (tertiary/aromatic N) is 4. The number of aryl methyl sites for hydroxylation is 3. The molecular formula is C15H25N5. The summed E-state index contributed by atoms with van der Waals surface area (Å²) in [6.45, 7) is 9.48. The van der Waals surface area contributed by atoms with E-state index in [9.17, 15) is 0 Å². The molecule has 1 N–H and O–H groups in total. The van der Waals surface area contributed by atoms with Gasteiger partial charge in [0.05, 0.1) is 17.1 Å². The van der Waals surface area contributed by atoms with Gasteiger partial charge in [0.2, 0.25) is 0 Å². The zero-order valence-electron chi connectivity index (χ0n) is 13.4. The number of hydrogen-bond acceptors (Lipinski definition) is 3. The van der Waals surface area contributed by atoms with Crippen molar-refractivity contribution in [2.75, 3.05) is 5.32 Å². The Bertz CT molecular complexity index is 586. The van der Waals surface area contributed by atoms with Gasteiger partial charge < -0.3 is 5.32 Å². The minimum absolute atomic E-state index is 0.0563. The Labute approximate surface area is 121 Å². The summed E-state index contributed by atoms with van der Waals surface area (Å²) in [5.74, 6) is 0. The van der Waals surface area contributed by atoms with Crippen LogP contribution in [0, 0.1) is 0 Å². The van der Waals surface area contributed by atoms with Gasteiger partial charge in [-0.15, -0.1) is 0 Å². The van der Waals surface area contributed by atoms with E-state index in [1.807, 2.05) is 29.7 Å². The third-order valence-corrected chi connectivity index (χ3v) is 3.32. The van der Waals surface area contributed by atoms with Gasteiger partial charge in [-0.1, -0.05) is 27.7 Å². The molecule has 0 aliphatic rings. The maximum Gasteiger partial charge on any atom is 0.0853 e. The van der Waals surface area contributed by atoms with Crippen LogP contribution in [0.1, 0.15) is 44.6 Å². The van der Waals surface area contributed by atoms with Crippen LogP contribution in [0.25, 0.3) is 0 Å². The maximum atomic E-state index is 4.60. The monoisotopic (exact) mass is 275 g/mol. The first-order valence-electron chi connectivity index (χ1n) is 7.10. The van der Waals surface area contributed by atoms with Crippen LogP contribution >= 0.6 is 0 Å². The lowest BCUT2D eigenvalue weighted by atomic mass is 9.89. The molecule has 0 saturated carbocycles. The molecule has 2 aromatic rings. The number of hydrogen-bond donors (Lipinski definition) is 1. The molecule has 0 spiro atoms. The van der Waals surface area contributed by atoms with E-state index < -0.39 is 0 Å². The van der Waals surface area contributed by atoms with Crippen molar-refractivity contribution >= 4 is 5.69 Å². The minimum atomic E-state index is 0.0563. The summed E-state index contributed by atoms with van der Waals surface area (Å²) in [5.41, 5.74) is 4.66. The van der Waals surface area contributed by atoms with Crippen molar-refractivity contribution in [1.29, 1.82) is 0 Å². The molecule has 0 atom stereocenters. The van der Waals surface area contributed by atoms with E-state index in [0.717, 1.165) is 30.0 Å². The summed E-state index contributed by atoms with van der Waals surface area (Å²) in [7, 11) is 3.93. The van der Waals surface area contributed by atoms with Crippen LogP contribution in [0.2, 0.25) is 0 Å². The Morgan fingerprint density at radius 1 is 1.10 bits per heavy atom. The molecule has 0 aromatic carbocycles. The zero-order valence-corrected chi connectivity index (χ0v) is 13.4. The molecule has 0 unspecified atom stereocenters. The van der Waals surface area contributed by atoms with Crippen LogP contribution in [-0.4, -0.2) is 19.6 Å². The second-order valence-corrected chi connectivity index (χ2v) is 6.30. The average Bonchev–Trinajstić information content (AvgIpc) is 2.88. The van der Waals surface area contributed by atoms with Gasteiger partial charge in [-0.05, 0) is 6.42 Å². The molecule has 0 saturated heterocycles. The number of rotatable bonds is 4. The Balaban J connectivity index is 2.19. The first-order valence-corrected chi connectivity index (χ1v) is 7.10. The molecule has 2 aromatic heterocycles. The average molecular weight is 275 g/mol. The molecule has 0 fully saturated rings. The Morgan fingerprint density at radius 3 is 2.35 bits per heavy atom. The molecule has 110 valence electrons. The van der Waals surface area contributed by atoms with Crippen LogP contribution in [0.5, 0.6) is 0 Å². The highest BCUT2D eigenvalue weighted by atomic mass is 15.3. The standard InChI is InChI=1S/C15H25N5/c1-7-12-13(10-20(6)17-12)16-8-11-9-19(5)18-14(11)15(2,3)4/h9-10,16H,7-8H2,1-6H3. The summed E-state index contributed by atoms with van der Waals surface area (Å²) in [6, 6.07) is 0. The molecular weight excluding hydrogens is 250 g/mol. The molecule has 0 bridgehead atoms. The zero-order chi connectivity index (χ0) is 14.9. The fraction of sp³-hybridized carbons (Fsp3) is 0.600. The van der Waals surface area contributed by atoms with Crippen molar-refractivity contribution in [3.05, 3.63) is 29.3 Å². The fourth-order valence-corrected chi connectivity index (χ4v) is 2.43. The lowest BCUT2D eigenvalue weighted by molar-refractivity contribution is 0.549. The number of anilines is 1. The van der Waals surface area contributed by atoms with Crippen molar-refractivity contribution in [2.45, 2.75) is 46.1 Å². The maximum absolute atomic E-state index is 4.60. The van der Waals surface area contributed by atoms with Crippen molar-refractivity contribution < 1.29 is 0 Å². The van der Waals surface area contributed by atoms with Gasteiger partial charge in [0.15, 0.2) is 0 Å². The minimum Gasteiger partial charge on any atom is -0.378 e. The summed E-state index contributed by atoms with van der Waals surface area (Å²) < 4.78 is 3.75. The lowest BCUT2D eigenvalue weighted by Crippen LogP contribution is -2.16. The van der Waals surface area contributed by atoms with Crippen LogP contribution in [0.3, 0.4) is 0 Å². The molecule has 20 heavy (non-hydrogen) atoms.